The van der Waals surface area contributed by atoms with Crippen LogP contribution in [0.25, 0.3) is 15.8 Å². The molecule has 10 nitrogen and oxygen atoms in total. The Kier molecular flexibility index (Phi) is 9.20. The van der Waals surface area contributed by atoms with Gasteiger partial charge in [0, 0.05) is 44.9 Å². The van der Waals surface area contributed by atoms with Gasteiger partial charge in [-0.1, -0.05) is 37.7 Å². The summed E-state index contributed by atoms with van der Waals surface area (Å²) in [6.07, 6.45) is 10.2. The van der Waals surface area contributed by atoms with E-state index in [0.717, 1.165) is 66.1 Å². The molecule has 0 radical (unpaired) electrons. The molecular formula is C29H37N5O5S2. The van der Waals surface area contributed by atoms with Gasteiger partial charge in [0.25, 0.3) is 5.19 Å². The summed E-state index contributed by atoms with van der Waals surface area (Å²) >= 11 is 1.51. The average Bonchev–Trinajstić information content (AvgIpc) is 3.39. The Morgan fingerprint density at radius 1 is 1.22 bits per heavy atom. The Bertz CT molecular complexity index is 1500. The van der Waals surface area contributed by atoms with E-state index in [0.29, 0.717) is 18.2 Å². The van der Waals surface area contributed by atoms with Crippen LogP contribution in [0, 0.1) is 5.92 Å². The number of fused-ring (bicyclic) bond motifs is 1. The minimum absolute atomic E-state index is 0.0797. The molecule has 0 amide bonds. The molecule has 1 aromatic carbocycles. The van der Waals surface area contributed by atoms with Crippen molar-refractivity contribution in [3.63, 3.8) is 0 Å². The van der Waals surface area contributed by atoms with Gasteiger partial charge in [-0.25, -0.2) is 23.4 Å². The van der Waals surface area contributed by atoms with Gasteiger partial charge in [0.1, 0.15) is 11.5 Å². The molecule has 2 aliphatic heterocycles. The number of thiazole rings is 1. The highest BCUT2D eigenvalue weighted by Gasteiger charge is 2.31. The van der Waals surface area contributed by atoms with Crippen molar-refractivity contribution < 1.29 is 22.7 Å². The number of methoxy groups -OCH3 is 1. The molecule has 12 heteroatoms. The summed E-state index contributed by atoms with van der Waals surface area (Å²) in [7, 11) is -2.32. The lowest BCUT2D eigenvalue weighted by atomic mass is 10.0. The largest absolute Gasteiger partial charge is 0.469 e. The van der Waals surface area contributed by atoms with Crippen molar-refractivity contribution in [2.45, 2.75) is 57.4 Å². The highest BCUT2D eigenvalue weighted by Crippen LogP contribution is 2.33. The van der Waals surface area contributed by atoms with E-state index in [4.69, 9.17) is 14.5 Å². The van der Waals surface area contributed by atoms with E-state index in [9.17, 15) is 13.2 Å². The molecule has 2 atom stereocenters. The zero-order chi connectivity index (χ0) is 29.0. The first-order chi connectivity index (χ1) is 19.8. The summed E-state index contributed by atoms with van der Waals surface area (Å²) in [5.74, 6) is -0.752. The smallest absolute Gasteiger partial charge is 0.309 e. The number of esters is 1. The molecule has 0 aliphatic carbocycles. The monoisotopic (exact) mass is 599 g/mol. The van der Waals surface area contributed by atoms with Crippen LogP contribution in [0.2, 0.25) is 0 Å². The van der Waals surface area contributed by atoms with E-state index >= 15 is 0 Å². The molecular weight excluding hydrogens is 562 g/mol. The Morgan fingerprint density at radius 3 is 2.68 bits per heavy atom. The first-order valence-electron chi connectivity index (χ1n) is 14.1. The van der Waals surface area contributed by atoms with Gasteiger partial charge in [-0.3, -0.25) is 10.1 Å². The number of piperidine rings is 1. The lowest BCUT2D eigenvalue weighted by Crippen LogP contribution is -2.41. The first kappa shape index (κ1) is 29.4. The minimum Gasteiger partial charge on any atom is -0.469 e. The number of aryl methyl sites for hydroxylation is 1. The normalized spacial score (nSPS) is 19.1. The number of hydrogen-bond acceptors (Lipinski definition) is 11. The van der Waals surface area contributed by atoms with Crippen LogP contribution in [0.1, 0.15) is 50.7 Å². The van der Waals surface area contributed by atoms with Gasteiger partial charge >= 0.3 is 5.97 Å². The fourth-order valence-corrected chi connectivity index (χ4v) is 7.97. The van der Waals surface area contributed by atoms with Gasteiger partial charge in [-0.05, 0) is 47.8 Å². The Balaban J connectivity index is 1.22. The number of aromatic nitrogens is 3. The third-order valence-corrected chi connectivity index (χ3v) is 10.5. The summed E-state index contributed by atoms with van der Waals surface area (Å²) in [5.41, 5.74) is 3.95. The maximum atomic E-state index is 13.0. The van der Waals surface area contributed by atoms with E-state index in [1.165, 1.54) is 24.0 Å². The Labute approximate surface area is 245 Å². The van der Waals surface area contributed by atoms with E-state index in [1.54, 1.807) is 13.0 Å². The van der Waals surface area contributed by atoms with E-state index in [2.05, 4.69) is 33.2 Å². The molecule has 0 saturated carbocycles. The second-order valence-electron chi connectivity index (χ2n) is 10.7. The van der Waals surface area contributed by atoms with Gasteiger partial charge in [0.2, 0.25) is 5.95 Å². The first-order valence-corrected chi connectivity index (χ1v) is 16.7. The lowest BCUT2D eigenvalue weighted by molar-refractivity contribution is -0.144. The second kappa shape index (κ2) is 12.8. The number of nitrogens with one attached hydrogen (secondary N) is 1. The Morgan fingerprint density at radius 2 is 1.98 bits per heavy atom. The second-order valence-corrected chi connectivity index (χ2v) is 13.8. The van der Waals surface area contributed by atoms with Crippen LogP contribution < -0.4 is 15.0 Å². The van der Waals surface area contributed by atoms with Crippen LogP contribution in [0.15, 0.2) is 36.7 Å². The highest BCUT2D eigenvalue weighted by molar-refractivity contribution is 7.92. The molecule has 5 rings (SSSR count). The van der Waals surface area contributed by atoms with E-state index < -0.39 is 27.1 Å². The predicted molar refractivity (Wildman–Crippen MR) is 161 cm³/mol. The number of nitrogens with zero attached hydrogens (tertiary/aromatic N) is 4. The third kappa shape index (κ3) is 7.04. The van der Waals surface area contributed by atoms with Gasteiger partial charge in [0.15, 0.2) is 9.84 Å². The summed E-state index contributed by atoms with van der Waals surface area (Å²) in [6, 6.07) is 6.00. The van der Waals surface area contributed by atoms with Crippen LogP contribution >= 0.6 is 11.3 Å². The van der Waals surface area contributed by atoms with Crippen LogP contribution in [-0.4, -0.2) is 73.3 Å². The van der Waals surface area contributed by atoms with Gasteiger partial charge in [-0.15, -0.1) is 0 Å². The summed E-state index contributed by atoms with van der Waals surface area (Å²) in [4.78, 5) is 27.8. The molecule has 0 bridgehead atoms. The summed E-state index contributed by atoms with van der Waals surface area (Å²) < 4.78 is 38.0. The highest BCUT2D eigenvalue weighted by atomic mass is 32.2. The number of rotatable bonds is 10. The maximum absolute atomic E-state index is 13.0. The maximum Gasteiger partial charge on any atom is 0.309 e. The van der Waals surface area contributed by atoms with Crippen LogP contribution in [-0.2, 0) is 25.8 Å². The predicted octanol–water partition coefficient (Wildman–Crippen LogP) is 4.01. The van der Waals surface area contributed by atoms with Crippen molar-refractivity contribution in [3.05, 3.63) is 47.8 Å². The number of carbonyl (C=O) groups is 1. The van der Waals surface area contributed by atoms with Crippen molar-refractivity contribution in [1.82, 2.24) is 20.3 Å². The van der Waals surface area contributed by atoms with Gasteiger partial charge < -0.3 is 14.4 Å². The SMILES string of the molecule is CCCc1cnc(N2CCC(Oc3nc4ccc(C5=CC(S(=O)(=O)CC(C)C(=O)OC)NCC5)cc4s3)CC2)nc1. The molecule has 220 valence electrons. The quantitative estimate of drug-likeness (QED) is 0.342. The lowest BCUT2D eigenvalue weighted by Gasteiger charge is -2.31. The molecule has 2 unspecified atom stereocenters. The number of hydrogen-bond donors (Lipinski definition) is 1. The number of benzene rings is 1. The van der Waals surface area contributed by atoms with Crippen molar-refractivity contribution in [3.8, 4) is 5.19 Å². The van der Waals surface area contributed by atoms with Crippen molar-refractivity contribution in [2.24, 2.45) is 5.92 Å². The number of sulfone groups is 1. The standard InChI is InChI=1S/C29H37N5O5S2/c1-4-5-20-16-31-28(32-17-20)34-12-9-23(10-13-34)39-29-33-24-7-6-21(14-25(24)40-29)22-8-11-30-26(15-22)41(36,37)18-19(2)27(35)38-3/h6-7,14-17,19,23,26,30H,4-5,8-13,18H2,1-3H3. The molecule has 3 aromatic rings. The number of ether oxygens (including phenoxy) is 2. The molecule has 2 aromatic heterocycles. The number of anilines is 1. The van der Waals surface area contributed by atoms with Crippen molar-refractivity contribution in [1.29, 1.82) is 0 Å². The van der Waals surface area contributed by atoms with Crippen LogP contribution in [0.3, 0.4) is 0 Å². The molecule has 4 heterocycles. The van der Waals surface area contributed by atoms with Crippen LogP contribution in [0.4, 0.5) is 5.95 Å². The van der Waals surface area contributed by atoms with E-state index in [1.807, 2.05) is 24.5 Å². The van der Waals surface area contributed by atoms with Gasteiger partial charge in [-0.2, -0.15) is 0 Å². The average molecular weight is 600 g/mol. The zero-order valence-electron chi connectivity index (χ0n) is 23.7. The van der Waals surface area contributed by atoms with Gasteiger partial charge in [0.05, 0.1) is 29.0 Å². The summed E-state index contributed by atoms with van der Waals surface area (Å²) in [6.45, 7) is 5.91. The van der Waals surface area contributed by atoms with Crippen LogP contribution in [0.5, 0.6) is 5.19 Å². The van der Waals surface area contributed by atoms with Crippen molar-refractivity contribution in [2.75, 3.05) is 37.4 Å². The molecule has 1 fully saturated rings. The fraction of sp³-hybridized carbons (Fsp3) is 0.517. The molecule has 0 spiro atoms. The zero-order valence-corrected chi connectivity index (χ0v) is 25.3. The fourth-order valence-electron chi connectivity index (χ4n) is 5.27. The van der Waals surface area contributed by atoms with Crippen molar-refractivity contribution >= 4 is 48.9 Å². The third-order valence-electron chi connectivity index (χ3n) is 7.53. The minimum atomic E-state index is -3.59. The Hall–Kier alpha value is -3.09. The molecule has 1 saturated heterocycles. The molecule has 41 heavy (non-hydrogen) atoms. The topological polar surface area (TPSA) is 124 Å². The summed E-state index contributed by atoms with van der Waals surface area (Å²) in [5, 5.41) is 2.87. The molecule has 2 aliphatic rings. The number of carbonyl (C=O) groups excluding carboxylic acids is 1. The molecule has 1 N–H and O–H groups in total. The van der Waals surface area contributed by atoms with E-state index in [-0.39, 0.29) is 11.9 Å².